The van der Waals surface area contributed by atoms with Gasteiger partial charge in [-0.1, -0.05) is 0 Å². The second-order valence-electron chi connectivity index (χ2n) is 6.76. The maximum absolute atomic E-state index is 13.1. The normalized spacial score (nSPS) is 12.3. The highest BCUT2D eigenvalue weighted by Gasteiger charge is 2.31. The molecule has 0 spiro atoms. The SMILES string of the molecule is Cc1cc(-c2ncn(C=C(C(=O)OC(C)C)c3cncnc3)n2)cc(C(F)(F)F)c1. The van der Waals surface area contributed by atoms with Crippen molar-refractivity contribution in [1.29, 1.82) is 0 Å². The first-order chi connectivity index (χ1) is 14.1. The summed E-state index contributed by atoms with van der Waals surface area (Å²) in [6.07, 6.45) is 2.01. The Kier molecular flexibility index (Phi) is 5.95. The summed E-state index contributed by atoms with van der Waals surface area (Å²) in [4.78, 5) is 24.4. The Labute approximate surface area is 170 Å². The Balaban J connectivity index is 2.00. The topological polar surface area (TPSA) is 82.8 Å². The summed E-state index contributed by atoms with van der Waals surface area (Å²) >= 11 is 0. The zero-order valence-electron chi connectivity index (χ0n) is 16.4. The first-order valence-corrected chi connectivity index (χ1v) is 8.92. The average molecular weight is 417 g/mol. The number of esters is 1. The Morgan fingerprint density at radius 1 is 1.17 bits per heavy atom. The van der Waals surface area contributed by atoms with Gasteiger partial charge in [-0.15, -0.1) is 5.10 Å². The standard InChI is InChI=1S/C20H18F3N5O2/c1-12(2)30-19(29)17(15-7-24-10-25-8-15)9-28-11-26-18(27-28)14-4-13(3)5-16(6-14)20(21,22)23/h4-12H,1-3H3. The molecule has 0 saturated heterocycles. The van der Waals surface area contributed by atoms with E-state index in [0.29, 0.717) is 11.1 Å². The van der Waals surface area contributed by atoms with E-state index < -0.39 is 17.7 Å². The van der Waals surface area contributed by atoms with E-state index in [-0.39, 0.29) is 23.1 Å². The minimum absolute atomic E-state index is 0.0846. The lowest BCUT2D eigenvalue weighted by Gasteiger charge is -2.10. The zero-order valence-corrected chi connectivity index (χ0v) is 16.4. The van der Waals surface area contributed by atoms with Crippen LogP contribution in [0.5, 0.6) is 0 Å². The first-order valence-electron chi connectivity index (χ1n) is 8.92. The van der Waals surface area contributed by atoms with Gasteiger partial charge in [-0.3, -0.25) is 0 Å². The number of hydrogen-bond acceptors (Lipinski definition) is 6. The molecule has 7 nitrogen and oxygen atoms in total. The molecule has 0 aliphatic heterocycles. The van der Waals surface area contributed by atoms with Gasteiger partial charge in [0.15, 0.2) is 5.82 Å². The first kappa shape index (κ1) is 21.2. The number of nitrogens with zero attached hydrogens (tertiary/aromatic N) is 5. The van der Waals surface area contributed by atoms with Gasteiger partial charge in [0.05, 0.1) is 17.2 Å². The smallest absolute Gasteiger partial charge is 0.416 e. The minimum atomic E-state index is -4.48. The maximum atomic E-state index is 13.1. The average Bonchev–Trinajstić information content (AvgIpc) is 3.14. The summed E-state index contributed by atoms with van der Waals surface area (Å²) in [5.41, 5.74) is 0.376. The summed E-state index contributed by atoms with van der Waals surface area (Å²) in [5.74, 6) is -0.534. The number of rotatable bonds is 5. The molecular weight excluding hydrogens is 399 g/mol. The monoisotopic (exact) mass is 417 g/mol. The fourth-order valence-corrected chi connectivity index (χ4v) is 2.64. The van der Waals surface area contributed by atoms with Crippen molar-refractivity contribution in [2.24, 2.45) is 0 Å². The molecule has 2 heterocycles. The molecule has 2 aromatic heterocycles. The van der Waals surface area contributed by atoms with E-state index in [0.717, 1.165) is 12.1 Å². The summed E-state index contributed by atoms with van der Waals surface area (Å²) in [5, 5.41) is 4.18. The zero-order chi connectivity index (χ0) is 21.9. The lowest BCUT2D eigenvalue weighted by atomic mass is 10.1. The number of alkyl halides is 3. The lowest BCUT2D eigenvalue weighted by Crippen LogP contribution is -2.14. The highest BCUT2D eigenvalue weighted by molar-refractivity contribution is 6.20. The molecule has 3 rings (SSSR count). The van der Waals surface area contributed by atoms with E-state index in [1.165, 1.54) is 35.9 Å². The van der Waals surface area contributed by atoms with Crippen LogP contribution in [0.3, 0.4) is 0 Å². The van der Waals surface area contributed by atoms with Crippen LogP contribution in [-0.2, 0) is 15.7 Å². The molecule has 0 radical (unpaired) electrons. The summed E-state index contributed by atoms with van der Waals surface area (Å²) < 4.78 is 45.8. The van der Waals surface area contributed by atoms with Crippen molar-refractivity contribution in [3.63, 3.8) is 0 Å². The fourth-order valence-electron chi connectivity index (χ4n) is 2.64. The molecule has 0 N–H and O–H groups in total. The highest BCUT2D eigenvalue weighted by atomic mass is 19.4. The van der Waals surface area contributed by atoms with Crippen LogP contribution in [0.15, 0.2) is 43.2 Å². The van der Waals surface area contributed by atoms with Crippen LogP contribution in [0.1, 0.15) is 30.5 Å². The molecule has 0 unspecified atom stereocenters. The van der Waals surface area contributed by atoms with Crippen LogP contribution in [0.2, 0.25) is 0 Å². The summed E-state index contributed by atoms with van der Waals surface area (Å²) in [7, 11) is 0. The van der Waals surface area contributed by atoms with E-state index >= 15 is 0 Å². The van der Waals surface area contributed by atoms with Crippen molar-refractivity contribution < 1.29 is 22.7 Å². The number of carbonyl (C=O) groups excluding carboxylic acids is 1. The third-order valence-corrected chi connectivity index (χ3v) is 3.87. The van der Waals surface area contributed by atoms with Gasteiger partial charge in [0.25, 0.3) is 0 Å². The van der Waals surface area contributed by atoms with Gasteiger partial charge in [-0.25, -0.2) is 24.4 Å². The predicted octanol–water partition coefficient (Wildman–Crippen LogP) is 4.01. The Bertz CT molecular complexity index is 1080. The number of halogens is 3. The Morgan fingerprint density at radius 2 is 1.87 bits per heavy atom. The van der Waals surface area contributed by atoms with Gasteiger partial charge < -0.3 is 4.74 Å². The quantitative estimate of drug-likeness (QED) is 0.461. The van der Waals surface area contributed by atoms with E-state index in [1.807, 2.05) is 0 Å². The molecule has 0 fully saturated rings. The van der Waals surface area contributed by atoms with Crippen molar-refractivity contribution in [3.05, 3.63) is 59.9 Å². The van der Waals surface area contributed by atoms with E-state index in [2.05, 4.69) is 20.1 Å². The summed E-state index contributed by atoms with van der Waals surface area (Å²) in [6, 6.07) is 3.59. The number of carbonyl (C=O) groups is 1. The minimum Gasteiger partial charge on any atom is -0.459 e. The van der Waals surface area contributed by atoms with Crippen LogP contribution in [0, 0.1) is 6.92 Å². The fraction of sp³-hybridized carbons (Fsp3) is 0.250. The Hall–Kier alpha value is -3.56. The molecule has 0 amide bonds. The molecule has 0 saturated carbocycles. The second-order valence-corrected chi connectivity index (χ2v) is 6.76. The van der Waals surface area contributed by atoms with E-state index in [1.54, 1.807) is 26.8 Å². The van der Waals surface area contributed by atoms with Crippen molar-refractivity contribution in [3.8, 4) is 11.4 Å². The second kappa shape index (κ2) is 8.44. The van der Waals surface area contributed by atoms with Crippen LogP contribution >= 0.6 is 0 Å². The Morgan fingerprint density at radius 3 is 2.50 bits per heavy atom. The molecule has 0 bridgehead atoms. The van der Waals surface area contributed by atoms with Crippen molar-refractivity contribution in [2.45, 2.75) is 33.1 Å². The van der Waals surface area contributed by atoms with Gasteiger partial charge in [-0.05, 0) is 44.5 Å². The highest BCUT2D eigenvalue weighted by Crippen LogP contribution is 2.32. The van der Waals surface area contributed by atoms with Crippen LogP contribution < -0.4 is 0 Å². The number of aryl methyl sites for hydroxylation is 1. The van der Waals surface area contributed by atoms with Crippen LogP contribution in [-0.4, -0.2) is 36.8 Å². The lowest BCUT2D eigenvalue weighted by molar-refractivity contribution is -0.140. The largest absolute Gasteiger partial charge is 0.459 e. The van der Waals surface area contributed by atoms with Gasteiger partial charge in [-0.2, -0.15) is 13.2 Å². The van der Waals surface area contributed by atoms with Gasteiger partial charge in [0.1, 0.15) is 12.7 Å². The molecule has 0 aliphatic rings. The molecule has 156 valence electrons. The van der Waals surface area contributed by atoms with Crippen molar-refractivity contribution in [1.82, 2.24) is 24.7 Å². The number of aromatic nitrogens is 5. The maximum Gasteiger partial charge on any atom is 0.416 e. The number of benzene rings is 1. The number of hydrogen-bond donors (Lipinski definition) is 0. The third-order valence-electron chi connectivity index (χ3n) is 3.87. The molecule has 1 aromatic carbocycles. The van der Waals surface area contributed by atoms with Crippen LogP contribution in [0.25, 0.3) is 23.2 Å². The predicted molar refractivity (Wildman–Crippen MR) is 103 cm³/mol. The summed E-state index contributed by atoms with van der Waals surface area (Å²) in [6.45, 7) is 4.98. The van der Waals surface area contributed by atoms with Gasteiger partial charge in [0.2, 0.25) is 0 Å². The molecule has 0 atom stereocenters. The van der Waals surface area contributed by atoms with E-state index in [4.69, 9.17) is 4.74 Å². The molecule has 3 aromatic rings. The third kappa shape index (κ3) is 5.07. The van der Waals surface area contributed by atoms with Crippen molar-refractivity contribution in [2.75, 3.05) is 0 Å². The molecular formula is C20H18F3N5O2. The molecule has 30 heavy (non-hydrogen) atoms. The van der Waals surface area contributed by atoms with Gasteiger partial charge >= 0.3 is 12.1 Å². The molecule has 10 heteroatoms. The van der Waals surface area contributed by atoms with Crippen molar-refractivity contribution >= 4 is 17.7 Å². The van der Waals surface area contributed by atoms with Gasteiger partial charge in [0, 0.05) is 29.7 Å². The van der Waals surface area contributed by atoms with Crippen LogP contribution in [0.4, 0.5) is 13.2 Å². The van der Waals surface area contributed by atoms with E-state index in [9.17, 15) is 18.0 Å². The number of ether oxygens (including phenoxy) is 1. The molecule has 0 aliphatic carbocycles.